The minimum Gasteiger partial charge on any atom is -0.497 e. The molecule has 2 amide bonds. The zero-order valence-corrected chi connectivity index (χ0v) is 17.7. The van der Waals surface area contributed by atoms with Gasteiger partial charge in [0.1, 0.15) is 11.4 Å². The van der Waals surface area contributed by atoms with Crippen LogP contribution in [-0.2, 0) is 11.2 Å². The van der Waals surface area contributed by atoms with Crippen molar-refractivity contribution in [3.8, 4) is 16.9 Å². The fraction of sp³-hybridized carbons (Fsp3) is 0.292. The molecule has 160 valence electrons. The van der Waals surface area contributed by atoms with Crippen LogP contribution in [0.3, 0.4) is 0 Å². The van der Waals surface area contributed by atoms with Crippen molar-refractivity contribution in [3.63, 3.8) is 0 Å². The molecular formula is C24H26N4O3. The van der Waals surface area contributed by atoms with Crippen molar-refractivity contribution in [1.29, 1.82) is 0 Å². The Morgan fingerprint density at radius 2 is 1.74 bits per heavy atom. The first-order valence-corrected chi connectivity index (χ1v) is 10.3. The molecule has 0 saturated carbocycles. The average molecular weight is 418 g/mol. The lowest BCUT2D eigenvalue weighted by Gasteiger charge is -2.23. The van der Waals surface area contributed by atoms with Crippen LogP contribution in [0.25, 0.3) is 11.1 Å². The van der Waals surface area contributed by atoms with Crippen LogP contribution >= 0.6 is 0 Å². The summed E-state index contributed by atoms with van der Waals surface area (Å²) in [6.45, 7) is 1.42. The predicted molar refractivity (Wildman–Crippen MR) is 118 cm³/mol. The van der Waals surface area contributed by atoms with Gasteiger partial charge in [-0.25, -0.2) is 0 Å². The van der Waals surface area contributed by atoms with Crippen LogP contribution < -0.4 is 4.74 Å². The number of carbonyl (C=O) groups is 2. The van der Waals surface area contributed by atoms with Gasteiger partial charge in [-0.2, -0.15) is 5.10 Å². The fourth-order valence-corrected chi connectivity index (χ4v) is 3.91. The Morgan fingerprint density at radius 3 is 2.35 bits per heavy atom. The molecule has 1 unspecified atom stereocenters. The molecule has 1 aliphatic rings. The topological polar surface area (TPSA) is 78.5 Å². The van der Waals surface area contributed by atoms with E-state index in [9.17, 15) is 9.59 Å². The molecule has 0 bridgehead atoms. The summed E-state index contributed by atoms with van der Waals surface area (Å²) < 4.78 is 5.22. The minimum atomic E-state index is -0.286. The second-order valence-electron chi connectivity index (χ2n) is 7.81. The number of amides is 2. The third-order valence-corrected chi connectivity index (χ3v) is 5.75. The largest absolute Gasteiger partial charge is 0.497 e. The molecule has 31 heavy (non-hydrogen) atoms. The molecule has 0 spiro atoms. The molecule has 0 aliphatic carbocycles. The van der Waals surface area contributed by atoms with Gasteiger partial charge in [0, 0.05) is 32.9 Å². The molecule has 0 radical (unpaired) electrons. The summed E-state index contributed by atoms with van der Waals surface area (Å²) in [5.41, 5.74) is 3.72. The molecular weight excluding hydrogens is 392 g/mol. The maximum Gasteiger partial charge on any atom is 0.271 e. The van der Waals surface area contributed by atoms with Crippen molar-refractivity contribution in [3.05, 3.63) is 72.1 Å². The van der Waals surface area contributed by atoms with Gasteiger partial charge in [0.2, 0.25) is 5.91 Å². The highest BCUT2D eigenvalue weighted by Crippen LogP contribution is 2.24. The quantitative estimate of drug-likeness (QED) is 0.691. The molecule has 1 aliphatic heterocycles. The Labute approximate surface area is 181 Å². The minimum absolute atomic E-state index is 0.0686. The number of rotatable bonds is 5. The van der Waals surface area contributed by atoms with Crippen LogP contribution in [0.2, 0.25) is 0 Å². The second-order valence-corrected chi connectivity index (χ2v) is 7.81. The van der Waals surface area contributed by atoms with Crippen molar-refractivity contribution in [2.45, 2.75) is 6.42 Å². The smallest absolute Gasteiger partial charge is 0.271 e. The first kappa shape index (κ1) is 20.7. The number of hydrogen-bond acceptors (Lipinski definition) is 4. The van der Waals surface area contributed by atoms with E-state index in [0.29, 0.717) is 31.7 Å². The summed E-state index contributed by atoms with van der Waals surface area (Å²) in [5, 5.41) is 6.59. The van der Waals surface area contributed by atoms with E-state index < -0.39 is 0 Å². The van der Waals surface area contributed by atoms with Crippen LogP contribution in [0.5, 0.6) is 5.75 Å². The van der Waals surface area contributed by atoms with Crippen molar-refractivity contribution < 1.29 is 14.3 Å². The van der Waals surface area contributed by atoms with E-state index in [2.05, 4.69) is 34.5 Å². The third kappa shape index (κ3) is 4.60. The molecule has 2 heterocycles. The zero-order chi connectivity index (χ0) is 21.8. The Bertz CT molecular complexity index is 1030. The van der Waals surface area contributed by atoms with Crippen LogP contribution in [-0.4, -0.2) is 65.6 Å². The Morgan fingerprint density at radius 1 is 1.06 bits per heavy atom. The van der Waals surface area contributed by atoms with E-state index in [4.69, 9.17) is 4.74 Å². The van der Waals surface area contributed by atoms with Gasteiger partial charge in [0.15, 0.2) is 0 Å². The summed E-state index contributed by atoms with van der Waals surface area (Å²) in [6.07, 6.45) is 2.14. The van der Waals surface area contributed by atoms with E-state index in [1.807, 2.05) is 24.3 Å². The van der Waals surface area contributed by atoms with Gasteiger partial charge in [-0.1, -0.05) is 36.4 Å². The van der Waals surface area contributed by atoms with Crippen LogP contribution in [0, 0.1) is 5.92 Å². The second kappa shape index (κ2) is 9.04. The van der Waals surface area contributed by atoms with Gasteiger partial charge in [-0.15, -0.1) is 0 Å². The first-order valence-electron chi connectivity index (χ1n) is 10.3. The highest BCUT2D eigenvalue weighted by atomic mass is 16.5. The maximum absolute atomic E-state index is 12.9. The average Bonchev–Trinajstić information content (AvgIpc) is 3.31. The summed E-state index contributed by atoms with van der Waals surface area (Å²) in [6, 6.07) is 17.8. The number of likely N-dealkylation sites (N-methyl/N-ethyl adjacent to an activating group) is 1. The summed E-state index contributed by atoms with van der Waals surface area (Å²) >= 11 is 0. The number of benzene rings is 2. The van der Waals surface area contributed by atoms with Gasteiger partial charge in [-0.05, 0) is 41.3 Å². The molecule has 3 aromatic rings. The highest BCUT2D eigenvalue weighted by molar-refractivity contribution is 5.93. The van der Waals surface area contributed by atoms with Crippen LogP contribution in [0.15, 0.2) is 60.8 Å². The number of nitrogens with zero attached hydrogens (tertiary/aromatic N) is 3. The van der Waals surface area contributed by atoms with E-state index in [0.717, 1.165) is 22.4 Å². The van der Waals surface area contributed by atoms with Gasteiger partial charge in [0.05, 0.1) is 13.0 Å². The standard InChI is InChI=1S/C24H26N4O3/c1-27-13-14-28(24(30)22-11-12-25-26-22)16-20(23(27)29)15-17-3-5-18(6-4-17)19-7-9-21(31-2)10-8-19/h3-12,20H,13-16H2,1-2H3,(H,25,26). The normalized spacial score (nSPS) is 16.8. The molecule has 1 saturated heterocycles. The van der Waals surface area contributed by atoms with Gasteiger partial charge in [-0.3, -0.25) is 14.7 Å². The predicted octanol–water partition coefficient (Wildman–Crippen LogP) is 2.86. The lowest BCUT2D eigenvalue weighted by atomic mass is 9.95. The molecule has 7 heteroatoms. The number of methoxy groups -OCH3 is 1. The fourth-order valence-electron chi connectivity index (χ4n) is 3.91. The van der Waals surface area contributed by atoms with Crippen molar-refractivity contribution in [2.75, 3.05) is 33.8 Å². The molecule has 1 atom stereocenters. The number of hydrogen-bond donors (Lipinski definition) is 1. The number of aromatic amines is 1. The Kier molecular flexibility index (Phi) is 6.02. The third-order valence-electron chi connectivity index (χ3n) is 5.75. The SMILES string of the molecule is COc1ccc(-c2ccc(CC3CN(C(=O)c4ccn[nH]4)CCN(C)C3=O)cc2)cc1. The van der Waals surface area contributed by atoms with Crippen LogP contribution in [0.4, 0.5) is 0 Å². The highest BCUT2D eigenvalue weighted by Gasteiger charge is 2.31. The lowest BCUT2D eigenvalue weighted by molar-refractivity contribution is -0.133. The summed E-state index contributed by atoms with van der Waals surface area (Å²) in [4.78, 5) is 29.2. The monoisotopic (exact) mass is 418 g/mol. The number of aromatic nitrogens is 2. The lowest BCUT2D eigenvalue weighted by Crippen LogP contribution is -2.37. The first-order chi connectivity index (χ1) is 15.0. The van der Waals surface area contributed by atoms with E-state index in [-0.39, 0.29) is 17.7 Å². The molecule has 1 N–H and O–H groups in total. The summed E-state index contributed by atoms with van der Waals surface area (Å²) in [7, 11) is 3.45. The number of nitrogens with one attached hydrogen (secondary N) is 1. The van der Waals surface area contributed by atoms with Crippen LogP contribution in [0.1, 0.15) is 16.1 Å². The Hall–Kier alpha value is -3.61. The molecule has 4 rings (SSSR count). The number of H-pyrrole nitrogens is 1. The Balaban J connectivity index is 1.49. The maximum atomic E-state index is 12.9. The van der Waals surface area contributed by atoms with Gasteiger partial charge >= 0.3 is 0 Å². The van der Waals surface area contributed by atoms with Gasteiger partial charge < -0.3 is 14.5 Å². The van der Waals surface area contributed by atoms with Crippen molar-refractivity contribution in [2.24, 2.45) is 5.92 Å². The summed E-state index contributed by atoms with van der Waals surface area (Å²) in [5.74, 6) is 0.483. The van der Waals surface area contributed by atoms with E-state index in [1.165, 1.54) is 0 Å². The van der Waals surface area contributed by atoms with Crippen molar-refractivity contribution >= 4 is 11.8 Å². The molecule has 2 aromatic carbocycles. The van der Waals surface area contributed by atoms with E-state index >= 15 is 0 Å². The molecule has 1 aromatic heterocycles. The number of ether oxygens (including phenoxy) is 1. The van der Waals surface area contributed by atoms with Gasteiger partial charge in [0.25, 0.3) is 5.91 Å². The molecule has 1 fully saturated rings. The van der Waals surface area contributed by atoms with Crippen molar-refractivity contribution in [1.82, 2.24) is 20.0 Å². The van der Waals surface area contributed by atoms with E-state index in [1.54, 1.807) is 36.2 Å². The number of carbonyl (C=O) groups excluding carboxylic acids is 2. The zero-order valence-electron chi connectivity index (χ0n) is 17.7. The molecule has 7 nitrogen and oxygen atoms in total.